The van der Waals surface area contributed by atoms with Crippen molar-refractivity contribution >= 4 is 43.6 Å². The van der Waals surface area contributed by atoms with Gasteiger partial charge in [0.05, 0.1) is 9.35 Å². The Kier molecular flexibility index (Phi) is 2.09. The van der Waals surface area contributed by atoms with Gasteiger partial charge in [-0.1, -0.05) is 0 Å². The predicted octanol–water partition coefficient (Wildman–Crippen LogP) is 3.18. The lowest BCUT2D eigenvalue weighted by Crippen LogP contribution is -1.69. The van der Waals surface area contributed by atoms with E-state index in [1.807, 2.05) is 6.07 Å². The Labute approximate surface area is 86.9 Å². The number of hydrogen-bond donors (Lipinski definition) is 1. The summed E-state index contributed by atoms with van der Waals surface area (Å²) < 4.78 is 1.57. The Morgan fingerprint density at radius 1 is 1.46 bits per heavy atom. The lowest BCUT2D eigenvalue weighted by molar-refractivity contribution is 0.112. The van der Waals surface area contributed by atoms with E-state index in [-0.39, 0.29) is 5.75 Å². The normalized spacial score (nSPS) is 10.5. The van der Waals surface area contributed by atoms with E-state index in [4.69, 9.17) is 0 Å². The quantitative estimate of drug-likeness (QED) is 0.796. The Morgan fingerprint density at radius 2 is 2.23 bits per heavy atom. The second kappa shape index (κ2) is 3.12. The van der Waals surface area contributed by atoms with Gasteiger partial charge in [-0.05, 0) is 34.1 Å². The van der Waals surface area contributed by atoms with Crippen LogP contribution in [-0.4, -0.2) is 11.4 Å². The number of phenolic OH excluding ortho intramolecular Hbond substituents is 1. The molecule has 1 aromatic heterocycles. The average Bonchev–Trinajstić information content (AvgIpc) is 2.55. The molecule has 0 aliphatic rings. The minimum Gasteiger partial charge on any atom is -0.506 e. The summed E-state index contributed by atoms with van der Waals surface area (Å²) in [5.41, 5.74) is 0. The third-order valence-corrected chi connectivity index (χ3v) is 3.42. The van der Waals surface area contributed by atoms with Gasteiger partial charge in [-0.3, -0.25) is 4.79 Å². The Morgan fingerprint density at radius 3 is 2.92 bits per heavy atom. The molecule has 2 nitrogen and oxygen atoms in total. The number of thiophene rings is 1. The van der Waals surface area contributed by atoms with Crippen molar-refractivity contribution in [1.82, 2.24) is 0 Å². The number of aldehydes is 1. The molecule has 13 heavy (non-hydrogen) atoms. The van der Waals surface area contributed by atoms with E-state index in [2.05, 4.69) is 15.9 Å². The van der Waals surface area contributed by atoms with Gasteiger partial charge < -0.3 is 5.11 Å². The lowest BCUT2D eigenvalue weighted by atomic mass is 10.2. The van der Waals surface area contributed by atoms with Crippen LogP contribution in [-0.2, 0) is 0 Å². The zero-order chi connectivity index (χ0) is 9.42. The van der Waals surface area contributed by atoms with Gasteiger partial charge in [0.2, 0.25) is 0 Å². The van der Waals surface area contributed by atoms with Crippen LogP contribution in [0, 0.1) is 0 Å². The monoisotopic (exact) mass is 256 g/mol. The molecule has 0 atom stereocenters. The largest absolute Gasteiger partial charge is 0.506 e. The highest BCUT2D eigenvalue weighted by molar-refractivity contribution is 9.10. The topological polar surface area (TPSA) is 37.3 Å². The second-order valence-corrected chi connectivity index (χ2v) is 4.54. The predicted molar refractivity (Wildman–Crippen MR) is 56.6 cm³/mol. The lowest BCUT2D eigenvalue weighted by Gasteiger charge is -1.96. The van der Waals surface area contributed by atoms with Gasteiger partial charge >= 0.3 is 0 Å². The highest BCUT2D eigenvalue weighted by Gasteiger charge is 2.07. The molecule has 66 valence electrons. The molecule has 0 radical (unpaired) electrons. The van der Waals surface area contributed by atoms with Crippen LogP contribution < -0.4 is 0 Å². The number of hydrogen-bond acceptors (Lipinski definition) is 3. The molecule has 1 heterocycles. The number of rotatable bonds is 1. The molecule has 2 rings (SSSR count). The van der Waals surface area contributed by atoms with Crippen LogP contribution in [0.15, 0.2) is 22.7 Å². The molecule has 0 spiro atoms. The van der Waals surface area contributed by atoms with E-state index in [9.17, 15) is 9.90 Å². The van der Waals surface area contributed by atoms with Crippen molar-refractivity contribution in [3.05, 3.63) is 27.5 Å². The maximum Gasteiger partial charge on any atom is 0.160 e. The van der Waals surface area contributed by atoms with Crippen molar-refractivity contribution in [2.24, 2.45) is 0 Å². The molecule has 0 unspecified atom stereocenters. The van der Waals surface area contributed by atoms with Crippen molar-refractivity contribution < 1.29 is 9.90 Å². The van der Waals surface area contributed by atoms with E-state index in [1.165, 1.54) is 11.3 Å². The van der Waals surface area contributed by atoms with Crippen molar-refractivity contribution in [3.8, 4) is 5.75 Å². The zero-order valence-corrected chi connectivity index (χ0v) is 8.85. The van der Waals surface area contributed by atoms with Crippen LogP contribution in [0.25, 0.3) is 10.1 Å². The molecule has 0 saturated carbocycles. The summed E-state index contributed by atoms with van der Waals surface area (Å²) in [5.74, 6) is 0.196. The van der Waals surface area contributed by atoms with Gasteiger partial charge in [0.25, 0.3) is 0 Å². The Balaban J connectivity index is 2.83. The number of carbonyl (C=O) groups is 1. The Bertz CT molecular complexity index is 476. The molecule has 4 heteroatoms. The molecule has 0 amide bonds. The number of benzene rings is 1. The van der Waals surface area contributed by atoms with E-state index in [0.717, 1.165) is 16.4 Å². The minimum atomic E-state index is 0.196. The SMILES string of the molecule is O=Cc1cc2c(O)c(Br)ccc2s1. The van der Waals surface area contributed by atoms with Crippen molar-refractivity contribution in [3.63, 3.8) is 0 Å². The van der Waals surface area contributed by atoms with Crippen molar-refractivity contribution in [2.75, 3.05) is 0 Å². The van der Waals surface area contributed by atoms with Gasteiger partial charge in [0.15, 0.2) is 6.29 Å². The first-order valence-electron chi connectivity index (χ1n) is 3.58. The standard InChI is InChI=1S/C9H5BrO2S/c10-7-1-2-8-6(9(7)12)3-5(4-11)13-8/h1-4,12H. The second-order valence-electron chi connectivity index (χ2n) is 2.57. The van der Waals surface area contributed by atoms with Crippen molar-refractivity contribution in [1.29, 1.82) is 0 Å². The van der Waals surface area contributed by atoms with Crippen LogP contribution in [0.2, 0.25) is 0 Å². The maximum absolute atomic E-state index is 10.5. The Hall–Kier alpha value is -0.870. The van der Waals surface area contributed by atoms with Crippen LogP contribution >= 0.6 is 27.3 Å². The van der Waals surface area contributed by atoms with E-state index in [1.54, 1.807) is 12.1 Å². The fourth-order valence-electron chi connectivity index (χ4n) is 1.15. The highest BCUT2D eigenvalue weighted by Crippen LogP contribution is 2.36. The summed E-state index contributed by atoms with van der Waals surface area (Å²) >= 11 is 4.59. The van der Waals surface area contributed by atoms with E-state index in [0.29, 0.717) is 9.35 Å². The summed E-state index contributed by atoms with van der Waals surface area (Å²) in [7, 11) is 0. The fourth-order valence-corrected chi connectivity index (χ4v) is 2.37. The zero-order valence-electron chi connectivity index (χ0n) is 6.45. The maximum atomic E-state index is 10.5. The first-order valence-corrected chi connectivity index (χ1v) is 5.19. The molecular formula is C9H5BrO2S. The van der Waals surface area contributed by atoms with Crippen LogP contribution in [0.3, 0.4) is 0 Å². The fraction of sp³-hybridized carbons (Fsp3) is 0. The number of phenols is 1. The third-order valence-electron chi connectivity index (χ3n) is 1.76. The third kappa shape index (κ3) is 1.36. The van der Waals surface area contributed by atoms with Gasteiger partial charge in [0.1, 0.15) is 5.75 Å². The van der Waals surface area contributed by atoms with E-state index >= 15 is 0 Å². The molecular weight excluding hydrogens is 252 g/mol. The number of carbonyl (C=O) groups excluding carboxylic acids is 1. The molecule has 0 bridgehead atoms. The van der Waals surface area contributed by atoms with Crippen LogP contribution in [0.1, 0.15) is 9.67 Å². The smallest absolute Gasteiger partial charge is 0.160 e. The first-order chi connectivity index (χ1) is 6.22. The van der Waals surface area contributed by atoms with E-state index < -0.39 is 0 Å². The molecule has 1 N–H and O–H groups in total. The van der Waals surface area contributed by atoms with Gasteiger partial charge in [-0.15, -0.1) is 11.3 Å². The van der Waals surface area contributed by atoms with Crippen LogP contribution in [0.4, 0.5) is 0 Å². The average molecular weight is 257 g/mol. The number of aromatic hydroxyl groups is 1. The van der Waals surface area contributed by atoms with Crippen LogP contribution in [0.5, 0.6) is 5.75 Å². The minimum absolute atomic E-state index is 0.196. The summed E-state index contributed by atoms with van der Waals surface area (Å²) in [5, 5.41) is 10.3. The van der Waals surface area contributed by atoms with Crippen molar-refractivity contribution in [2.45, 2.75) is 0 Å². The van der Waals surface area contributed by atoms with Gasteiger partial charge in [0, 0.05) is 10.1 Å². The van der Waals surface area contributed by atoms with Gasteiger partial charge in [-0.25, -0.2) is 0 Å². The molecule has 0 aliphatic heterocycles. The highest BCUT2D eigenvalue weighted by atomic mass is 79.9. The molecule has 2 aromatic rings. The molecule has 0 aliphatic carbocycles. The molecule has 1 aromatic carbocycles. The van der Waals surface area contributed by atoms with Gasteiger partial charge in [-0.2, -0.15) is 0 Å². The number of fused-ring (bicyclic) bond motifs is 1. The number of halogens is 1. The molecule has 0 fully saturated rings. The molecule has 0 saturated heterocycles. The summed E-state index contributed by atoms with van der Waals surface area (Å²) in [4.78, 5) is 11.1. The summed E-state index contributed by atoms with van der Waals surface area (Å²) in [6.07, 6.45) is 0.790. The first kappa shape index (κ1) is 8.72. The summed E-state index contributed by atoms with van der Waals surface area (Å²) in [6.45, 7) is 0. The summed E-state index contributed by atoms with van der Waals surface area (Å²) in [6, 6.07) is 5.33.